The third-order valence-electron chi connectivity index (χ3n) is 0.406. The van der Waals surface area contributed by atoms with Gasteiger partial charge in [-0.15, -0.1) is 26.3 Å². The maximum atomic E-state index is 3.67. The van der Waals surface area contributed by atoms with Gasteiger partial charge >= 0.3 is 0 Å². The molecule has 50 valence electrons. The third-order valence-corrected chi connectivity index (χ3v) is 0.406. The van der Waals surface area contributed by atoms with Gasteiger partial charge in [-0.3, -0.25) is 0 Å². The van der Waals surface area contributed by atoms with Crippen LogP contribution in [0.5, 0.6) is 0 Å². The molecular weight excluding hydrogens is 112 g/mol. The number of hydrogen-bond donors (Lipinski definition) is 1. The quantitative estimate of drug-likeness (QED) is 0.526. The summed E-state index contributed by atoms with van der Waals surface area (Å²) < 4.78 is 0. The Kier molecular flexibility index (Phi) is 18.8. The molecule has 0 aliphatic heterocycles. The lowest BCUT2D eigenvalue weighted by Gasteiger charge is -1.46. The van der Waals surface area contributed by atoms with E-state index in [0.29, 0.717) is 0 Å². The lowest BCUT2D eigenvalue weighted by molar-refractivity contribution is 1.31. The monoisotopic (exact) mass is 124 g/mol. The SMILES string of the molecule is C=C.C=C.c1c[nH]cn1. The zero-order chi connectivity index (χ0) is 7.54. The first kappa shape index (κ1) is 10.6. The number of H-pyrrole nitrogens is 1. The molecule has 0 aliphatic carbocycles. The van der Waals surface area contributed by atoms with Gasteiger partial charge in [0.25, 0.3) is 0 Å². The average molecular weight is 124 g/mol. The molecule has 0 unspecified atom stereocenters. The fourth-order valence-electron chi connectivity index (χ4n) is 0.215. The zero-order valence-electron chi connectivity index (χ0n) is 5.51. The average Bonchev–Trinajstić information content (AvgIpc) is 2.51. The van der Waals surface area contributed by atoms with Crippen LogP contribution in [0.15, 0.2) is 45.0 Å². The van der Waals surface area contributed by atoms with Gasteiger partial charge in [0.15, 0.2) is 0 Å². The molecular formula is C7H12N2. The molecule has 1 rings (SSSR count). The topological polar surface area (TPSA) is 28.7 Å². The second-order valence-corrected chi connectivity index (χ2v) is 0.761. The van der Waals surface area contributed by atoms with E-state index in [0.717, 1.165) is 0 Å². The van der Waals surface area contributed by atoms with Gasteiger partial charge in [0, 0.05) is 12.4 Å². The maximum Gasteiger partial charge on any atom is 0.0919 e. The number of nitrogens with one attached hydrogen (secondary N) is 1. The summed E-state index contributed by atoms with van der Waals surface area (Å²) in [7, 11) is 0. The summed E-state index contributed by atoms with van der Waals surface area (Å²) in [4.78, 5) is 6.42. The van der Waals surface area contributed by atoms with E-state index in [9.17, 15) is 0 Å². The molecule has 0 atom stereocenters. The van der Waals surface area contributed by atoms with Crippen LogP contribution in [0.3, 0.4) is 0 Å². The highest BCUT2D eigenvalue weighted by Gasteiger charge is 1.56. The molecule has 1 aromatic heterocycles. The van der Waals surface area contributed by atoms with Crippen molar-refractivity contribution in [1.82, 2.24) is 9.97 Å². The second-order valence-electron chi connectivity index (χ2n) is 0.761. The summed E-state index contributed by atoms with van der Waals surface area (Å²) in [6, 6.07) is 0. The van der Waals surface area contributed by atoms with Crippen molar-refractivity contribution in [2.75, 3.05) is 0 Å². The van der Waals surface area contributed by atoms with Gasteiger partial charge in [0.05, 0.1) is 6.33 Å². The fourth-order valence-corrected chi connectivity index (χ4v) is 0.215. The zero-order valence-corrected chi connectivity index (χ0v) is 5.51. The molecule has 0 fully saturated rings. The molecule has 9 heavy (non-hydrogen) atoms. The predicted molar refractivity (Wildman–Crippen MR) is 41.1 cm³/mol. The minimum Gasteiger partial charge on any atom is -0.351 e. The first-order valence-electron chi connectivity index (χ1n) is 2.43. The van der Waals surface area contributed by atoms with E-state index in [4.69, 9.17) is 0 Å². The van der Waals surface area contributed by atoms with E-state index < -0.39 is 0 Å². The molecule has 1 aromatic rings. The Morgan fingerprint density at radius 3 is 1.78 bits per heavy atom. The van der Waals surface area contributed by atoms with Gasteiger partial charge in [-0.1, -0.05) is 0 Å². The van der Waals surface area contributed by atoms with Crippen molar-refractivity contribution in [2.24, 2.45) is 0 Å². The first-order valence-corrected chi connectivity index (χ1v) is 2.43. The summed E-state index contributed by atoms with van der Waals surface area (Å²) in [5.74, 6) is 0. The van der Waals surface area contributed by atoms with Crippen molar-refractivity contribution >= 4 is 0 Å². The van der Waals surface area contributed by atoms with Gasteiger partial charge in [-0.25, -0.2) is 4.98 Å². The van der Waals surface area contributed by atoms with Crippen LogP contribution < -0.4 is 0 Å². The van der Waals surface area contributed by atoms with Crippen LogP contribution in [0.4, 0.5) is 0 Å². The normalized spacial score (nSPS) is 5.33. The van der Waals surface area contributed by atoms with Crippen molar-refractivity contribution < 1.29 is 0 Å². The van der Waals surface area contributed by atoms with Gasteiger partial charge in [0.2, 0.25) is 0 Å². The first-order chi connectivity index (χ1) is 4.50. The standard InChI is InChI=1S/C3H4N2.2C2H4/c1-2-5-3-4-1;2*1-2/h1-3H,(H,4,5);2*1-2H2. The van der Waals surface area contributed by atoms with E-state index in [1.54, 1.807) is 18.7 Å². The van der Waals surface area contributed by atoms with Crippen molar-refractivity contribution in [3.05, 3.63) is 45.0 Å². The minimum atomic E-state index is 1.62. The van der Waals surface area contributed by atoms with Crippen molar-refractivity contribution in [3.8, 4) is 0 Å². The molecule has 2 heteroatoms. The molecule has 0 aliphatic rings. The van der Waals surface area contributed by atoms with E-state index in [2.05, 4.69) is 36.3 Å². The van der Waals surface area contributed by atoms with E-state index in [1.807, 2.05) is 0 Å². The molecule has 0 bridgehead atoms. The Hall–Kier alpha value is -1.31. The molecule has 0 spiro atoms. The smallest absolute Gasteiger partial charge is 0.0919 e. The van der Waals surface area contributed by atoms with Crippen LogP contribution in [-0.4, -0.2) is 9.97 Å². The highest BCUT2D eigenvalue weighted by molar-refractivity contribution is 4.64. The molecule has 0 amide bonds. The molecule has 0 saturated carbocycles. The summed E-state index contributed by atoms with van der Waals surface area (Å²) in [6.45, 7) is 12.0. The van der Waals surface area contributed by atoms with E-state index >= 15 is 0 Å². The highest BCUT2D eigenvalue weighted by Crippen LogP contribution is 1.62. The largest absolute Gasteiger partial charge is 0.351 e. The minimum absolute atomic E-state index is 1.62. The lowest BCUT2D eigenvalue weighted by Crippen LogP contribution is -1.44. The number of hydrogen-bond acceptors (Lipinski definition) is 1. The summed E-state index contributed by atoms with van der Waals surface area (Å²) in [5, 5.41) is 0. The molecule has 0 radical (unpaired) electrons. The van der Waals surface area contributed by atoms with Crippen molar-refractivity contribution in [3.63, 3.8) is 0 Å². The molecule has 2 nitrogen and oxygen atoms in total. The number of aromatic nitrogens is 2. The molecule has 0 saturated heterocycles. The number of rotatable bonds is 0. The summed E-state index contributed by atoms with van der Waals surface area (Å²) in [5.41, 5.74) is 0. The van der Waals surface area contributed by atoms with Gasteiger partial charge in [0.1, 0.15) is 0 Å². The Bertz CT molecular complexity index is 82.4. The Morgan fingerprint density at radius 2 is 1.67 bits per heavy atom. The van der Waals surface area contributed by atoms with Crippen LogP contribution in [-0.2, 0) is 0 Å². The second kappa shape index (κ2) is 15.9. The highest BCUT2D eigenvalue weighted by atomic mass is 14.8. The maximum absolute atomic E-state index is 3.67. The van der Waals surface area contributed by atoms with Crippen LogP contribution in [0.1, 0.15) is 0 Å². The predicted octanol–water partition coefficient (Wildman–Crippen LogP) is 2.01. The van der Waals surface area contributed by atoms with Gasteiger partial charge in [-0.05, 0) is 0 Å². The third kappa shape index (κ3) is 10.8. The van der Waals surface area contributed by atoms with Crippen LogP contribution >= 0.6 is 0 Å². The summed E-state index contributed by atoms with van der Waals surface area (Å²) in [6.07, 6.45) is 5.08. The number of imidazole rings is 1. The van der Waals surface area contributed by atoms with Gasteiger partial charge < -0.3 is 4.98 Å². The van der Waals surface area contributed by atoms with E-state index in [1.165, 1.54) is 0 Å². The van der Waals surface area contributed by atoms with Crippen LogP contribution in [0.2, 0.25) is 0 Å². The van der Waals surface area contributed by atoms with Crippen LogP contribution in [0, 0.1) is 0 Å². The van der Waals surface area contributed by atoms with Crippen molar-refractivity contribution in [2.45, 2.75) is 0 Å². The molecule has 1 heterocycles. The Morgan fingerprint density at radius 1 is 1.11 bits per heavy atom. The number of nitrogens with zero attached hydrogens (tertiary/aromatic N) is 1. The Balaban J connectivity index is 0. The van der Waals surface area contributed by atoms with Crippen LogP contribution in [0.25, 0.3) is 0 Å². The molecule has 0 aromatic carbocycles. The molecule has 1 N–H and O–H groups in total. The Labute approximate surface area is 56.0 Å². The van der Waals surface area contributed by atoms with E-state index in [-0.39, 0.29) is 0 Å². The number of aromatic amines is 1. The lowest BCUT2D eigenvalue weighted by atomic mass is 11.0. The van der Waals surface area contributed by atoms with Crippen molar-refractivity contribution in [1.29, 1.82) is 0 Å². The van der Waals surface area contributed by atoms with Gasteiger partial charge in [-0.2, -0.15) is 0 Å². The summed E-state index contributed by atoms with van der Waals surface area (Å²) >= 11 is 0. The fraction of sp³-hybridized carbons (Fsp3) is 0.